The van der Waals surface area contributed by atoms with Crippen LogP contribution in [0.25, 0.3) is 0 Å². The molecule has 1 unspecified atom stereocenters. The first-order valence-electron chi connectivity index (χ1n) is 15.9. The number of benzene rings is 4. The second-order valence-electron chi connectivity index (χ2n) is 11.6. The maximum absolute atomic E-state index is 13.4. The van der Waals surface area contributed by atoms with Crippen LogP contribution in [0.5, 0.6) is 0 Å². The molecule has 2 heterocycles. The summed E-state index contributed by atoms with van der Waals surface area (Å²) >= 11 is 0. The van der Waals surface area contributed by atoms with Gasteiger partial charge in [-0.2, -0.15) is 0 Å². The molecule has 0 aliphatic carbocycles. The van der Waals surface area contributed by atoms with Gasteiger partial charge in [-0.3, -0.25) is 14.5 Å². The quantitative estimate of drug-likeness (QED) is 0.124. The van der Waals surface area contributed by atoms with Crippen LogP contribution in [0.1, 0.15) is 43.8 Å². The van der Waals surface area contributed by atoms with Crippen LogP contribution < -0.4 is 0 Å². The fraction of sp³-hybridized carbons (Fsp3) is 0.256. The normalized spacial score (nSPS) is 19.3. The first-order valence-corrected chi connectivity index (χ1v) is 15.9. The number of carbonyl (C=O) groups excluding carboxylic acids is 3. The molecule has 4 aromatic rings. The van der Waals surface area contributed by atoms with Crippen LogP contribution in [-0.4, -0.2) is 60.8 Å². The Bertz CT molecular complexity index is 1690. The molecular weight excluding hydrogens is 610 g/mol. The van der Waals surface area contributed by atoms with Crippen LogP contribution in [0.4, 0.5) is 0 Å². The van der Waals surface area contributed by atoms with Crippen molar-refractivity contribution in [3.63, 3.8) is 0 Å². The molecule has 0 N–H and O–H groups in total. The molecule has 0 fully saturated rings. The number of fused-ring (bicyclic) bond motifs is 1. The number of nitrogens with zero attached hydrogens (tertiary/aromatic N) is 1. The van der Waals surface area contributed by atoms with Gasteiger partial charge in [-0.1, -0.05) is 103 Å². The Morgan fingerprint density at radius 2 is 1.21 bits per heavy atom. The second-order valence-corrected chi connectivity index (χ2v) is 11.6. The van der Waals surface area contributed by atoms with Gasteiger partial charge in [-0.25, -0.2) is 4.79 Å². The van der Waals surface area contributed by atoms with Gasteiger partial charge in [0.25, 0.3) is 11.8 Å². The molecule has 0 aromatic heterocycles. The summed E-state index contributed by atoms with van der Waals surface area (Å²) < 4.78 is 30.7. The lowest BCUT2D eigenvalue weighted by Crippen LogP contribution is -2.49. The smallest absolute Gasteiger partial charge is 0.329 e. The van der Waals surface area contributed by atoms with Crippen molar-refractivity contribution in [2.45, 2.75) is 50.6 Å². The van der Waals surface area contributed by atoms with E-state index in [0.29, 0.717) is 19.0 Å². The molecule has 4 aromatic carbocycles. The summed E-state index contributed by atoms with van der Waals surface area (Å²) in [5.41, 5.74) is 3.42. The van der Waals surface area contributed by atoms with Crippen LogP contribution in [0.15, 0.2) is 127 Å². The van der Waals surface area contributed by atoms with Crippen molar-refractivity contribution in [3.8, 4) is 0 Å². The number of methoxy groups -OCH3 is 1. The zero-order valence-corrected chi connectivity index (χ0v) is 26.6. The summed E-state index contributed by atoms with van der Waals surface area (Å²) in [4.78, 5) is 41.0. The fourth-order valence-corrected chi connectivity index (χ4v) is 5.88. The van der Waals surface area contributed by atoms with Crippen LogP contribution in [0.3, 0.4) is 0 Å². The van der Waals surface area contributed by atoms with Gasteiger partial charge in [-0.15, -0.1) is 0 Å². The predicted molar refractivity (Wildman–Crippen MR) is 176 cm³/mol. The second kappa shape index (κ2) is 15.7. The van der Waals surface area contributed by atoms with E-state index in [-0.39, 0.29) is 30.8 Å². The van der Waals surface area contributed by atoms with Crippen molar-refractivity contribution in [3.05, 3.63) is 155 Å². The molecule has 0 spiro atoms. The van der Waals surface area contributed by atoms with Crippen molar-refractivity contribution in [2.75, 3.05) is 13.7 Å². The maximum atomic E-state index is 13.4. The molecule has 2 aliphatic heterocycles. The number of amides is 2. The number of imide groups is 1. The lowest BCUT2D eigenvalue weighted by Gasteiger charge is -2.38. The average Bonchev–Trinajstić information content (AvgIpc) is 3.38. The third-order valence-electron chi connectivity index (χ3n) is 8.31. The lowest BCUT2D eigenvalue weighted by molar-refractivity contribution is -0.157. The van der Waals surface area contributed by atoms with Gasteiger partial charge in [0.2, 0.25) is 0 Å². The molecule has 2 aliphatic rings. The molecule has 0 saturated carbocycles. The Kier molecular flexibility index (Phi) is 10.7. The number of carbonyl (C=O) groups is 3. The predicted octanol–water partition coefficient (Wildman–Crippen LogP) is 5.88. The molecule has 0 saturated heterocycles. The van der Waals surface area contributed by atoms with Gasteiger partial charge in [0, 0.05) is 6.42 Å². The number of rotatable bonds is 14. The molecule has 6 rings (SSSR count). The van der Waals surface area contributed by atoms with Crippen molar-refractivity contribution < 1.29 is 38.1 Å². The summed E-state index contributed by atoms with van der Waals surface area (Å²) in [5, 5.41) is 0. The van der Waals surface area contributed by atoms with Gasteiger partial charge >= 0.3 is 5.97 Å². The average molecular weight is 648 g/mol. The molecule has 48 heavy (non-hydrogen) atoms. The van der Waals surface area contributed by atoms with Gasteiger partial charge in [0.05, 0.1) is 50.4 Å². The van der Waals surface area contributed by atoms with Gasteiger partial charge in [0.1, 0.15) is 18.2 Å². The Morgan fingerprint density at radius 1 is 0.708 bits per heavy atom. The van der Waals surface area contributed by atoms with Gasteiger partial charge in [-0.05, 0) is 34.9 Å². The first kappa shape index (κ1) is 32.8. The monoisotopic (exact) mass is 647 g/mol. The number of esters is 1. The molecule has 9 heteroatoms. The van der Waals surface area contributed by atoms with Crippen LogP contribution in [-0.2, 0) is 48.3 Å². The highest BCUT2D eigenvalue weighted by Crippen LogP contribution is 2.32. The topological polar surface area (TPSA) is 101 Å². The van der Waals surface area contributed by atoms with E-state index in [0.717, 1.165) is 21.6 Å². The molecular formula is C39H37NO8. The van der Waals surface area contributed by atoms with Crippen LogP contribution in [0, 0.1) is 0 Å². The fourth-order valence-electron chi connectivity index (χ4n) is 5.88. The molecule has 246 valence electrons. The Morgan fingerprint density at radius 3 is 1.75 bits per heavy atom. The van der Waals surface area contributed by atoms with E-state index in [4.69, 9.17) is 23.7 Å². The highest BCUT2D eigenvalue weighted by molar-refractivity contribution is 6.22. The van der Waals surface area contributed by atoms with Crippen molar-refractivity contribution in [1.29, 1.82) is 0 Å². The number of hydrogen-bond donors (Lipinski definition) is 0. The standard InChI is InChI=1S/C39H37NO8/c1-44-39(43)33(40-37(41)31-19-11-12-20-32(31)38(40)42)21-30-22-34(46-24-28-15-7-3-8-16-28)36(47-25-29-17-9-4-10-18-29)35(48-30)26-45-23-27-13-5-2-6-14-27/h2-20,22,33-36H,21,23-26H2,1H3/t33?,34-,35-,36+/m1/s1. The minimum atomic E-state index is -1.27. The highest BCUT2D eigenvalue weighted by atomic mass is 16.6. The molecule has 2 amide bonds. The van der Waals surface area contributed by atoms with Gasteiger partial charge in [0.15, 0.2) is 6.10 Å². The highest BCUT2D eigenvalue weighted by Gasteiger charge is 2.45. The Balaban J connectivity index is 1.29. The van der Waals surface area contributed by atoms with Crippen molar-refractivity contribution in [1.82, 2.24) is 4.90 Å². The summed E-state index contributed by atoms with van der Waals surface area (Å²) in [6, 6.07) is 34.6. The van der Waals surface area contributed by atoms with Crippen molar-refractivity contribution in [2.24, 2.45) is 0 Å². The molecule has 0 radical (unpaired) electrons. The minimum Gasteiger partial charge on any atom is -0.490 e. The summed E-state index contributed by atoms with van der Waals surface area (Å²) in [7, 11) is 1.23. The number of hydrogen-bond acceptors (Lipinski definition) is 8. The molecule has 0 bridgehead atoms. The van der Waals surface area contributed by atoms with E-state index in [1.165, 1.54) is 7.11 Å². The lowest BCUT2D eigenvalue weighted by atomic mass is 10.0. The van der Waals surface area contributed by atoms with E-state index in [9.17, 15) is 14.4 Å². The summed E-state index contributed by atoms with van der Waals surface area (Å²) in [5.74, 6) is -1.51. The third-order valence-corrected chi connectivity index (χ3v) is 8.31. The third kappa shape index (κ3) is 7.71. The largest absolute Gasteiger partial charge is 0.490 e. The Hall–Kier alpha value is -5.09. The van der Waals surface area contributed by atoms with Crippen molar-refractivity contribution >= 4 is 17.8 Å². The maximum Gasteiger partial charge on any atom is 0.329 e. The van der Waals surface area contributed by atoms with Gasteiger partial charge < -0.3 is 23.7 Å². The molecule has 4 atom stereocenters. The zero-order valence-electron chi connectivity index (χ0n) is 26.6. The molecule has 9 nitrogen and oxygen atoms in total. The zero-order chi connectivity index (χ0) is 33.3. The Labute approximate surface area is 279 Å². The van der Waals surface area contributed by atoms with E-state index in [1.807, 2.05) is 91.0 Å². The van der Waals surface area contributed by atoms with Crippen LogP contribution in [0.2, 0.25) is 0 Å². The SMILES string of the molecule is COC(=O)C(CC1=C[C@@H](OCc2ccccc2)[C@H](OCc2ccccc2)[C@@H](COCc2ccccc2)O1)N1C(=O)c2ccccc2C1=O. The van der Waals surface area contributed by atoms with E-state index in [1.54, 1.807) is 30.3 Å². The van der Waals surface area contributed by atoms with Crippen LogP contribution >= 0.6 is 0 Å². The van der Waals surface area contributed by atoms with E-state index < -0.39 is 42.1 Å². The van der Waals surface area contributed by atoms with E-state index >= 15 is 0 Å². The summed E-state index contributed by atoms with van der Waals surface area (Å²) in [6.07, 6.45) is -0.226. The van der Waals surface area contributed by atoms with E-state index in [2.05, 4.69) is 0 Å². The summed E-state index contributed by atoms with van der Waals surface area (Å²) in [6.45, 7) is 1.09. The first-order chi connectivity index (χ1) is 23.5. The minimum absolute atomic E-state index is 0.121. The number of ether oxygens (including phenoxy) is 5.